The number of thiophene rings is 1. The van der Waals surface area contributed by atoms with Crippen molar-refractivity contribution in [1.82, 2.24) is 14.8 Å². The zero-order valence-electron chi connectivity index (χ0n) is 10.4. The highest BCUT2D eigenvalue weighted by atomic mass is 32.2. The van der Waals surface area contributed by atoms with Crippen molar-refractivity contribution < 1.29 is 4.79 Å². The molecule has 0 N–H and O–H groups in total. The molecule has 2 aromatic heterocycles. The fraction of sp³-hybridized carbons (Fsp3) is 0.417. The second-order valence-electron chi connectivity index (χ2n) is 4.00. The largest absolute Gasteiger partial charge is 0.305 e. The van der Waals surface area contributed by atoms with E-state index in [-0.39, 0.29) is 5.78 Å². The topological polar surface area (TPSA) is 47.8 Å². The normalized spacial score (nSPS) is 10.8. The molecule has 0 aliphatic carbocycles. The second-order valence-corrected chi connectivity index (χ2v) is 6.01. The van der Waals surface area contributed by atoms with Crippen molar-refractivity contribution in [1.29, 1.82) is 0 Å². The highest BCUT2D eigenvalue weighted by molar-refractivity contribution is 7.99. The lowest BCUT2D eigenvalue weighted by molar-refractivity contribution is -0.117. The smallest absolute Gasteiger partial charge is 0.191 e. The lowest BCUT2D eigenvalue weighted by atomic mass is 10.3. The lowest BCUT2D eigenvalue weighted by Gasteiger charge is -2.01. The van der Waals surface area contributed by atoms with Gasteiger partial charge < -0.3 is 9.36 Å². The number of hydrogen-bond acceptors (Lipinski definition) is 5. The first-order valence-electron chi connectivity index (χ1n) is 5.74. The maximum Gasteiger partial charge on any atom is 0.191 e. The Hall–Kier alpha value is -1.14. The van der Waals surface area contributed by atoms with E-state index in [1.807, 2.05) is 29.1 Å². The number of rotatable bonds is 6. The SMILES string of the molecule is CC(=O)CCCSc1nnc(-c2cccs2)n1C. The summed E-state index contributed by atoms with van der Waals surface area (Å²) < 4.78 is 2.00. The van der Waals surface area contributed by atoms with Gasteiger partial charge in [0.2, 0.25) is 0 Å². The highest BCUT2D eigenvalue weighted by Crippen LogP contribution is 2.26. The Morgan fingerprint density at radius 2 is 2.33 bits per heavy atom. The van der Waals surface area contributed by atoms with E-state index in [4.69, 9.17) is 0 Å². The molecule has 0 spiro atoms. The first-order valence-corrected chi connectivity index (χ1v) is 7.60. The minimum absolute atomic E-state index is 0.243. The van der Waals surface area contributed by atoms with Crippen LogP contribution in [0.1, 0.15) is 19.8 Å². The van der Waals surface area contributed by atoms with Gasteiger partial charge in [0, 0.05) is 19.2 Å². The molecule has 0 bridgehead atoms. The summed E-state index contributed by atoms with van der Waals surface area (Å²) in [7, 11) is 1.97. The molecule has 4 nitrogen and oxygen atoms in total. The van der Waals surface area contributed by atoms with Crippen LogP contribution in [-0.4, -0.2) is 26.3 Å². The number of aromatic nitrogens is 3. The standard InChI is InChI=1S/C12H15N3OS2/c1-9(16)5-3-8-18-12-14-13-11(15(12)2)10-6-4-7-17-10/h4,6-7H,3,5,8H2,1-2H3. The van der Waals surface area contributed by atoms with Crippen LogP contribution >= 0.6 is 23.1 Å². The molecule has 0 saturated carbocycles. The number of Topliss-reactive ketones (excluding diaryl/α,β-unsaturated/α-hetero) is 1. The molecular formula is C12H15N3OS2. The van der Waals surface area contributed by atoms with Crippen LogP contribution in [0.5, 0.6) is 0 Å². The van der Waals surface area contributed by atoms with Crippen molar-refractivity contribution in [3.8, 4) is 10.7 Å². The van der Waals surface area contributed by atoms with E-state index in [1.165, 1.54) is 0 Å². The minimum Gasteiger partial charge on any atom is -0.305 e. The van der Waals surface area contributed by atoms with Crippen LogP contribution in [0.25, 0.3) is 10.7 Å². The van der Waals surface area contributed by atoms with E-state index in [1.54, 1.807) is 30.0 Å². The number of thioether (sulfide) groups is 1. The molecule has 0 aromatic carbocycles. The average Bonchev–Trinajstić information content (AvgIpc) is 2.94. The molecule has 0 amide bonds. The molecular weight excluding hydrogens is 266 g/mol. The molecule has 0 radical (unpaired) electrons. The Kier molecular flexibility index (Phi) is 4.54. The Balaban J connectivity index is 1.96. The third-order valence-electron chi connectivity index (χ3n) is 2.48. The van der Waals surface area contributed by atoms with Crippen LogP contribution in [0.15, 0.2) is 22.7 Å². The molecule has 2 aromatic rings. The molecule has 2 heterocycles. The summed E-state index contributed by atoms with van der Waals surface area (Å²) in [6, 6.07) is 4.05. The van der Waals surface area contributed by atoms with Gasteiger partial charge in [-0.3, -0.25) is 0 Å². The molecule has 0 fully saturated rings. The van der Waals surface area contributed by atoms with E-state index < -0.39 is 0 Å². The third kappa shape index (κ3) is 3.20. The van der Waals surface area contributed by atoms with Gasteiger partial charge in [-0.1, -0.05) is 17.8 Å². The number of nitrogens with zero attached hydrogens (tertiary/aromatic N) is 3. The molecule has 0 unspecified atom stereocenters. The summed E-state index contributed by atoms with van der Waals surface area (Å²) in [4.78, 5) is 12.0. The van der Waals surface area contributed by atoms with Crippen LogP contribution in [-0.2, 0) is 11.8 Å². The van der Waals surface area contributed by atoms with Crippen molar-refractivity contribution in [3.63, 3.8) is 0 Å². The van der Waals surface area contributed by atoms with E-state index in [0.717, 1.165) is 28.0 Å². The van der Waals surface area contributed by atoms with Gasteiger partial charge in [0.1, 0.15) is 5.78 Å². The Morgan fingerprint density at radius 1 is 1.50 bits per heavy atom. The second kappa shape index (κ2) is 6.15. The monoisotopic (exact) mass is 281 g/mol. The zero-order chi connectivity index (χ0) is 13.0. The summed E-state index contributed by atoms with van der Waals surface area (Å²) >= 11 is 3.31. The fourth-order valence-corrected chi connectivity index (χ4v) is 3.14. The van der Waals surface area contributed by atoms with Gasteiger partial charge in [-0.25, -0.2) is 0 Å². The van der Waals surface area contributed by atoms with Crippen LogP contribution < -0.4 is 0 Å². The van der Waals surface area contributed by atoms with Crippen LogP contribution in [0, 0.1) is 0 Å². The third-order valence-corrected chi connectivity index (χ3v) is 4.45. The minimum atomic E-state index is 0.243. The first kappa shape index (κ1) is 13.3. The van der Waals surface area contributed by atoms with Gasteiger partial charge in [0.05, 0.1) is 4.88 Å². The van der Waals surface area contributed by atoms with Crippen molar-refractivity contribution in [2.45, 2.75) is 24.9 Å². The van der Waals surface area contributed by atoms with Gasteiger partial charge in [-0.15, -0.1) is 21.5 Å². The maximum atomic E-state index is 10.8. The van der Waals surface area contributed by atoms with Gasteiger partial charge in [-0.2, -0.15) is 0 Å². The first-order chi connectivity index (χ1) is 8.68. The number of ketones is 1. The summed E-state index contributed by atoms with van der Waals surface area (Å²) in [6.07, 6.45) is 1.53. The van der Waals surface area contributed by atoms with Gasteiger partial charge >= 0.3 is 0 Å². The van der Waals surface area contributed by atoms with Crippen molar-refractivity contribution in [3.05, 3.63) is 17.5 Å². The predicted molar refractivity (Wildman–Crippen MR) is 75.0 cm³/mol. The van der Waals surface area contributed by atoms with E-state index in [9.17, 15) is 4.79 Å². The van der Waals surface area contributed by atoms with Crippen LogP contribution in [0.4, 0.5) is 0 Å². The Bertz CT molecular complexity index is 519. The highest BCUT2D eigenvalue weighted by Gasteiger charge is 2.11. The molecule has 2 rings (SSSR count). The fourth-order valence-electron chi connectivity index (χ4n) is 1.55. The van der Waals surface area contributed by atoms with E-state index in [0.29, 0.717) is 6.42 Å². The van der Waals surface area contributed by atoms with E-state index >= 15 is 0 Å². The zero-order valence-corrected chi connectivity index (χ0v) is 12.1. The van der Waals surface area contributed by atoms with Crippen LogP contribution in [0.3, 0.4) is 0 Å². The molecule has 6 heteroatoms. The number of hydrogen-bond donors (Lipinski definition) is 0. The summed E-state index contributed by atoms with van der Waals surface area (Å²) in [5.74, 6) is 2.04. The average molecular weight is 281 g/mol. The van der Waals surface area contributed by atoms with Crippen molar-refractivity contribution in [2.75, 3.05) is 5.75 Å². The molecule has 18 heavy (non-hydrogen) atoms. The molecule has 0 aliphatic rings. The molecule has 0 saturated heterocycles. The van der Waals surface area contributed by atoms with Gasteiger partial charge in [-0.05, 0) is 24.8 Å². The lowest BCUT2D eigenvalue weighted by Crippen LogP contribution is -1.95. The quantitative estimate of drug-likeness (QED) is 0.603. The summed E-state index contributed by atoms with van der Waals surface area (Å²) in [6.45, 7) is 1.63. The Labute approximate surface area is 114 Å². The van der Waals surface area contributed by atoms with Crippen LogP contribution in [0.2, 0.25) is 0 Å². The number of carbonyl (C=O) groups excluding carboxylic acids is 1. The Morgan fingerprint density at radius 3 is 3.00 bits per heavy atom. The molecule has 0 atom stereocenters. The van der Waals surface area contributed by atoms with Gasteiger partial charge in [0.15, 0.2) is 11.0 Å². The van der Waals surface area contributed by atoms with Crippen molar-refractivity contribution in [2.24, 2.45) is 7.05 Å². The summed E-state index contributed by atoms with van der Waals surface area (Å²) in [5.41, 5.74) is 0. The summed E-state index contributed by atoms with van der Waals surface area (Å²) in [5, 5.41) is 11.3. The molecule has 0 aliphatic heterocycles. The maximum absolute atomic E-state index is 10.8. The predicted octanol–water partition coefficient (Wildman–Crippen LogP) is 3.00. The molecule has 96 valence electrons. The van der Waals surface area contributed by atoms with Gasteiger partial charge in [0.25, 0.3) is 0 Å². The number of carbonyl (C=O) groups is 1. The van der Waals surface area contributed by atoms with Crippen molar-refractivity contribution >= 4 is 28.9 Å². The van der Waals surface area contributed by atoms with E-state index in [2.05, 4.69) is 10.2 Å².